The van der Waals surface area contributed by atoms with Gasteiger partial charge in [-0.3, -0.25) is 0 Å². The molecular formula is C16H23NO2S. The van der Waals surface area contributed by atoms with Crippen LogP contribution >= 0.6 is 0 Å². The van der Waals surface area contributed by atoms with Gasteiger partial charge in [-0.15, -0.1) is 0 Å². The molecular weight excluding hydrogens is 270 g/mol. The van der Waals surface area contributed by atoms with E-state index in [0.717, 1.165) is 44.1 Å². The minimum absolute atomic E-state index is 0.149. The van der Waals surface area contributed by atoms with Crippen LogP contribution in [0.1, 0.15) is 55.7 Å². The molecule has 0 spiro atoms. The molecule has 1 aromatic carbocycles. The first kappa shape index (κ1) is 14.1. The van der Waals surface area contributed by atoms with Gasteiger partial charge in [0.1, 0.15) is 0 Å². The lowest BCUT2D eigenvalue weighted by Crippen LogP contribution is -2.38. The minimum atomic E-state index is -3.10. The van der Waals surface area contributed by atoms with Gasteiger partial charge in [-0.05, 0) is 43.2 Å². The standard InChI is InChI=1S/C16H23NO2S/c17-16-14-10-4-1-6-12(14)7-5-11-15(16)20(18,19)13-8-2-3-9-13/h1,4,6,10,13,15-16H,2-3,5,7-9,11,17H2. The van der Waals surface area contributed by atoms with Crippen LogP contribution < -0.4 is 5.73 Å². The maximum absolute atomic E-state index is 12.9. The third-order valence-electron chi connectivity index (χ3n) is 4.94. The van der Waals surface area contributed by atoms with Crippen LogP contribution in [0.5, 0.6) is 0 Å². The van der Waals surface area contributed by atoms with Gasteiger partial charge < -0.3 is 5.73 Å². The topological polar surface area (TPSA) is 60.2 Å². The molecule has 1 aromatic rings. The van der Waals surface area contributed by atoms with E-state index in [0.29, 0.717) is 6.42 Å². The van der Waals surface area contributed by atoms with E-state index in [-0.39, 0.29) is 11.3 Å². The first-order chi connectivity index (χ1) is 9.60. The van der Waals surface area contributed by atoms with Gasteiger partial charge >= 0.3 is 0 Å². The van der Waals surface area contributed by atoms with Crippen molar-refractivity contribution < 1.29 is 8.42 Å². The molecule has 1 saturated carbocycles. The summed E-state index contributed by atoms with van der Waals surface area (Å²) in [5.74, 6) is 0. The van der Waals surface area contributed by atoms with Crippen LogP contribution in [-0.4, -0.2) is 18.9 Å². The number of nitrogens with two attached hydrogens (primary N) is 1. The number of benzene rings is 1. The van der Waals surface area contributed by atoms with Gasteiger partial charge in [-0.25, -0.2) is 8.42 Å². The van der Waals surface area contributed by atoms with Gasteiger partial charge in [0, 0.05) is 6.04 Å². The zero-order valence-electron chi connectivity index (χ0n) is 11.8. The van der Waals surface area contributed by atoms with E-state index in [1.165, 1.54) is 5.56 Å². The smallest absolute Gasteiger partial charge is 0.157 e. The molecule has 2 aliphatic rings. The van der Waals surface area contributed by atoms with Crippen molar-refractivity contribution in [1.29, 1.82) is 0 Å². The van der Waals surface area contributed by atoms with Crippen molar-refractivity contribution in [2.24, 2.45) is 5.73 Å². The average molecular weight is 293 g/mol. The molecule has 20 heavy (non-hydrogen) atoms. The molecule has 1 fully saturated rings. The fourth-order valence-electron chi connectivity index (χ4n) is 3.79. The maximum atomic E-state index is 12.9. The third-order valence-corrected chi connectivity index (χ3v) is 7.71. The van der Waals surface area contributed by atoms with Crippen LogP contribution in [0.15, 0.2) is 24.3 Å². The molecule has 2 aliphatic carbocycles. The number of sulfone groups is 1. The number of hydrogen-bond acceptors (Lipinski definition) is 3. The Kier molecular flexibility index (Phi) is 3.87. The van der Waals surface area contributed by atoms with Crippen LogP contribution in [0.4, 0.5) is 0 Å². The van der Waals surface area contributed by atoms with Gasteiger partial charge in [0.15, 0.2) is 9.84 Å². The summed E-state index contributed by atoms with van der Waals surface area (Å²) < 4.78 is 25.8. The SMILES string of the molecule is NC1c2ccccc2CCCC1S(=O)(=O)C1CCCC1. The van der Waals surface area contributed by atoms with Crippen molar-refractivity contribution in [3.05, 3.63) is 35.4 Å². The Morgan fingerprint density at radius 3 is 2.45 bits per heavy atom. The summed E-state index contributed by atoms with van der Waals surface area (Å²) in [4.78, 5) is 0. The summed E-state index contributed by atoms with van der Waals surface area (Å²) >= 11 is 0. The molecule has 2 unspecified atom stereocenters. The summed E-state index contributed by atoms with van der Waals surface area (Å²) in [5.41, 5.74) is 8.63. The molecule has 0 heterocycles. The van der Waals surface area contributed by atoms with Crippen molar-refractivity contribution in [1.82, 2.24) is 0 Å². The van der Waals surface area contributed by atoms with Crippen LogP contribution in [0.2, 0.25) is 0 Å². The molecule has 0 amide bonds. The zero-order chi connectivity index (χ0) is 14.2. The first-order valence-corrected chi connectivity index (χ1v) is 9.28. The Bertz CT molecular complexity index is 576. The molecule has 0 bridgehead atoms. The van der Waals surface area contributed by atoms with E-state index in [4.69, 9.17) is 5.73 Å². The van der Waals surface area contributed by atoms with Crippen molar-refractivity contribution in [2.45, 2.75) is 61.5 Å². The second-order valence-corrected chi connectivity index (χ2v) is 8.60. The molecule has 2 N–H and O–H groups in total. The summed E-state index contributed by atoms with van der Waals surface area (Å²) in [6.07, 6.45) is 6.31. The number of hydrogen-bond donors (Lipinski definition) is 1. The molecule has 4 heteroatoms. The Hall–Kier alpha value is -0.870. The molecule has 3 nitrogen and oxygen atoms in total. The van der Waals surface area contributed by atoms with E-state index in [1.54, 1.807) is 0 Å². The lowest BCUT2D eigenvalue weighted by Gasteiger charge is -2.26. The zero-order valence-corrected chi connectivity index (χ0v) is 12.6. The predicted octanol–water partition coefficient (Wildman–Crippen LogP) is 2.75. The number of aryl methyl sites for hydroxylation is 1. The van der Waals surface area contributed by atoms with Crippen LogP contribution in [0, 0.1) is 0 Å². The summed E-state index contributed by atoms with van der Waals surface area (Å²) in [5, 5.41) is -0.543. The molecule has 0 aromatic heterocycles. The van der Waals surface area contributed by atoms with E-state index in [9.17, 15) is 8.42 Å². The highest BCUT2D eigenvalue weighted by Crippen LogP contribution is 2.36. The minimum Gasteiger partial charge on any atom is -0.323 e. The lowest BCUT2D eigenvalue weighted by molar-refractivity contribution is 0.527. The normalized spacial score (nSPS) is 28.1. The average Bonchev–Trinajstić information content (AvgIpc) is 2.92. The van der Waals surface area contributed by atoms with Crippen molar-refractivity contribution >= 4 is 9.84 Å². The predicted molar refractivity (Wildman–Crippen MR) is 81.3 cm³/mol. The van der Waals surface area contributed by atoms with E-state index < -0.39 is 15.1 Å². The van der Waals surface area contributed by atoms with Crippen LogP contribution in [0.3, 0.4) is 0 Å². The molecule has 3 rings (SSSR count). The number of fused-ring (bicyclic) bond motifs is 1. The molecule has 0 aliphatic heterocycles. The van der Waals surface area contributed by atoms with Gasteiger partial charge in [0.25, 0.3) is 0 Å². The maximum Gasteiger partial charge on any atom is 0.157 e. The second-order valence-electron chi connectivity index (χ2n) is 6.15. The van der Waals surface area contributed by atoms with Crippen LogP contribution in [-0.2, 0) is 16.3 Å². The summed E-state index contributed by atoms with van der Waals surface area (Å²) in [7, 11) is -3.10. The highest BCUT2D eigenvalue weighted by atomic mass is 32.2. The number of rotatable bonds is 2. The quantitative estimate of drug-likeness (QED) is 0.853. The Morgan fingerprint density at radius 1 is 1.00 bits per heavy atom. The van der Waals surface area contributed by atoms with Gasteiger partial charge in [0.05, 0.1) is 10.5 Å². The van der Waals surface area contributed by atoms with Crippen molar-refractivity contribution in [3.63, 3.8) is 0 Å². The summed E-state index contributed by atoms with van der Waals surface area (Å²) in [6.45, 7) is 0. The van der Waals surface area contributed by atoms with E-state index >= 15 is 0 Å². The van der Waals surface area contributed by atoms with Crippen molar-refractivity contribution in [2.75, 3.05) is 0 Å². The van der Waals surface area contributed by atoms with Gasteiger partial charge in [-0.1, -0.05) is 37.1 Å². The monoisotopic (exact) mass is 293 g/mol. The Morgan fingerprint density at radius 2 is 1.70 bits per heavy atom. The van der Waals surface area contributed by atoms with E-state index in [1.807, 2.05) is 18.2 Å². The van der Waals surface area contributed by atoms with Crippen LogP contribution in [0.25, 0.3) is 0 Å². The highest BCUT2D eigenvalue weighted by Gasteiger charge is 2.40. The van der Waals surface area contributed by atoms with E-state index in [2.05, 4.69) is 6.07 Å². The molecule has 0 radical (unpaired) electrons. The molecule has 2 atom stereocenters. The lowest BCUT2D eigenvalue weighted by atomic mass is 10.00. The highest BCUT2D eigenvalue weighted by molar-refractivity contribution is 7.92. The Labute approximate surface area is 121 Å². The Balaban J connectivity index is 1.94. The molecule has 0 saturated heterocycles. The fraction of sp³-hybridized carbons (Fsp3) is 0.625. The fourth-order valence-corrected chi connectivity index (χ4v) is 6.33. The summed E-state index contributed by atoms with van der Waals surface area (Å²) in [6, 6.07) is 7.70. The first-order valence-electron chi connectivity index (χ1n) is 7.67. The third kappa shape index (κ3) is 2.40. The van der Waals surface area contributed by atoms with Gasteiger partial charge in [-0.2, -0.15) is 0 Å². The molecule has 110 valence electrons. The van der Waals surface area contributed by atoms with Crippen molar-refractivity contribution in [3.8, 4) is 0 Å². The second kappa shape index (κ2) is 5.49. The largest absolute Gasteiger partial charge is 0.323 e. The van der Waals surface area contributed by atoms with Gasteiger partial charge in [0.2, 0.25) is 0 Å².